The van der Waals surface area contributed by atoms with Gasteiger partial charge in [0.25, 0.3) is 0 Å². The smallest absolute Gasteiger partial charge is 0.234 e. The Balaban J connectivity index is 2.03. The van der Waals surface area contributed by atoms with Crippen LogP contribution in [0.2, 0.25) is 0 Å². The zero-order chi connectivity index (χ0) is 19.4. The maximum absolute atomic E-state index is 12.5. The van der Waals surface area contributed by atoms with Crippen molar-refractivity contribution in [3.63, 3.8) is 0 Å². The molecular formula is C18H24N2O4S2. The summed E-state index contributed by atoms with van der Waals surface area (Å²) in [6.45, 7) is 0. The Morgan fingerprint density at radius 1 is 0.769 bits per heavy atom. The Morgan fingerprint density at radius 3 is 1.77 bits per heavy atom. The monoisotopic (exact) mass is 396 g/mol. The van der Waals surface area contributed by atoms with Crippen molar-refractivity contribution in [3.8, 4) is 0 Å². The first-order chi connectivity index (χ1) is 12.1. The first-order valence-electron chi connectivity index (χ1n) is 8.16. The predicted molar refractivity (Wildman–Crippen MR) is 107 cm³/mol. The fourth-order valence-electron chi connectivity index (χ4n) is 2.46. The lowest BCUT2D eigenvalue weighted by Crippen LogP contribution is -2.29. The summed E-state index contributed by atoms with van der Waals surface area (Å²) in [5.74, 6) is 0.0450. The SMILES string of the molecule is CN(c1ccc(N(C)S(=O)(=O)CCCc2ccccc2)cc1)S(C)(=O)=O. The van der Waals surface area contributed by atoms with E-state index in [1.54, 1.807) is 24.3 Å². The molecule has 0 amide bonds. The van der Waals surface area contributed by atoms with Crippen LogP contribution in [0.25, 0.3) is 0 Å². The fourth-order valence-corrected chi connectivity index (χ4v) is 4.20. The molecule has 0 unspecified atom stereocenters. The van der Waals surface area contributed by atoms with Gasteiger partial charge in [0.2, 0.25) is 20.0 Å². The Hall–Kier alpha value is -2.06. The molecule has 2 aromatic carbocycles. The minimum Gasteiger partial charge on any atom is -0.274 e. The topological polar surface area (TPSA) is 74.8 Å². The van der Waals surface area contributed by atoms with E-state index in [-0.39, 0.29) is 5.75 Å². The third-order valence-electron chi connectivity index (χ3n) is 4.20. The average molecular weight is 397 g/mol. The summed E-state index contributed by atoms with van der Waals surface area (Å²) in [7, 11) is -3.84. The molecule has 0 aromatic heterocycles. The van der Waals surface area contributed by atoms with Crippen molar-refractivity contribution in [2.24, 2.45) is 0 Å². The van der Waals surface area contributed by atoms with E-state index in [2.05, 4.69) is 0 Å². The Bertz CT molecular complexity index is 925. The number of nitrogens with zero attached hydrogens (tertiary/aromatic N) is 2. The van der Waals surface area contributed by atoms with Gasteiger partial charge in [-0.3, -0.25) is 8.61 Å². The highest BCUT2D eigenvalue weighted by atomic mass is 32.2. The molecule has 0 bridgehead atoms. The van der Waals surface area contributed by atoms with E-state index in [0.717, 1.165) is 16.1 Å². The zero-order valence-electron chi connectivity index (χ0n) is 15.2. The van der Waals surface area contributed by atoms with Crippen molar-refractivity contribution < 1.29 is 16.8 Å². The molecule has 0 atom stereocenters. The van der Waals surface area contributed by atoms with Crippen molar-refractivity contribution in [2.75, 3.05) is 34.7 Å². The second kappa shape index (κ2) is 8.09. The third-order valence-corrected chi connectivity index (χ3v) is 7.26. The van der Waals surface area contributed by atoms with E-state index in [9.17, 15) is 16.8 Å². The van der Waals surface area contributed by atoms with Crippen LogP contribution in [0, 0.1) is 0 Å². The summed E-state index contributed by atoms with van der Waals surface area (Å²) >= 11 is 0. The quantitative estimate of drug-likeness (QED) is 0.687. The van der Waals surface area contributed by atoms with Crippen LogP contribution in [0.3, 0.4) is 0 Å². The molecule has 6 nitrogen and oxygen atoms in total. The molecule has 2 rings (SSSR count). The van der Waals surface area contributed by atoms with Gasteiger partial charge in [-0.25, -0.2) is 16.8 Å². The van der Waals surface area contributed by atoms with Gasteiger partial charge in [0.1, 0.15) is 0 Å². The van der Waals surface area contributed by atoms with Crippen molar-refractivity contribution in [1.29, 1.82) is 0 Å². The van der Waals surface area contributed by atoms with Crippen LogP contribution in [0.5, 0.6) is 0 Å². The zero-order valence-corrected chi connectivity index (χ0v) is 16.8. The van der Waals surface area contributed by atoms with Gasteiger partial charge in [0.15, 0.2) is 0 Å². The van der Waals surface area contributed by atoms with Crippen LogP contribution in [0.1, 0.15) is 12.0 Å². The van der Waals surface area contributed by atoms with Crippen molar-refractivity contribution >= 4 is 31.4 Å². The second-order valence-corrected chi connectivity index (χ2v) is 10.3. The molecule has 8 heteroatoms. The van der Waals surface area contributed by atoms with E-state index in [1.165, 1.54) is 18.4 Å². The van der Waals surface area contributed by atoms with Gasteiger partial charge in [0, 0.05) is 14.1 Å². The fraction of sp³-hybridized carbons (Fsp3) is 0.333. The van der Waals surface area contributed by atoms with Crippen LogP contribution in [0.4, 0.5) is 11.4 Å². The van der Waals surface area contributed by atoms with Crippen LogP contribution < -0.4 is 8.61 Å². The molecule has 0 aliphatic rings. The molecule has 0 fully saturated rings. The Kier molecular flexibility index (Phi) is 6.30. The second-order valence-electron chi connectivity index (χ2n) is 6.12. The summed E-state index contributed by atoms with van der Waals surface area (Å²) in [4.78, 5) is 0. The van der Waals surface area contributed by atoms with E-state index in [1.807, 2.05) is 30.3 Å². The first kappa shape index (κ1) is 20.3. The van der Waals surface area contributed by atoms with E-state index < -0.39 is 20.0 Å². The molecule has 2 aromatic rings. The van der Waals surface area contributed by atoms with Gasteiger partial charge in [-0.2, -0.15) is 0 Å². The predicted octanol–water partition coefficient (Wildman–Crippen LogP) is 2.48. The number of aryl methyl sites for hydroxylation is 1. The van der Waals surface area contributed by atoms with Crippen molar-refractivity contribution in [1.82, 2.24) is 0 Å². The Labute approximate surface area is 156 Å². The first-order valence-corrected chi connectivity index (χ1v) is 11.6. The van der Waals surface area contributed by atoms with Gasteiger partial charge < -0.3 is 0 Å². The summed E-state index contributed by atoms with van der Waals surface area (Å²) in [5.41, 5.74) is 2.08. The number of benzene rings is 2. The number of sulfonamides is 2. The largest absolute Gasteiger partial charge is 0.274 e. The van der Waals surface area contributed by atoms with Gasteiger partial charge in [-0.15, -0.1) is 0 Å². The molecule has 0 heterocycles. The molecule has 0 saturated heterocycles. The number of rotatable bonds is 8. The van der Waals surface area contributed by atoms with E-state index >= 15 is 0 Å². The number of hydrogen-bond donors (Lipinski definition) is 0. The lowest BCUT2D eigenvalue weighted by molar-refractivity contribution is 0.591. The van der Waals surface area contributed by atoms with Gasteiger partial charge in [0.05, 0.1) is 23.4 Å². The van der Waals surface area contributed by atoms with Crippen LogP contribution in [-0.2, 0) is 26.5 Å². The molecule has 26 heavy (non-hydrogen) atoms. The van der Waals surface area contributed by atoms with Crippen LogP contribution in [-0.4, -0.2) is 42.9 Å². The lowest BCUT2D eigenvalue weighted by Gasteiger charge is -2.21. The molecule has 0 aliphatic heterocycles. The minimum atomic E-state index is -3.44. The van der Waals surface area contributed by atoms with Crippen LogP contribution >= 0.6 is 0 Å². The van der Waals surface area contributed by atoms with Gasteiger partial charge in [-0.05, 0) is 42.7 Å². The number of anilines is 2. The highest BCUT2D eigenvalue weighted by Gasteiger charge is 2.19. The number of hydrogen-bond acceptors (Lipinski definition) is 4. The van der Waals surface area contributed by atoms with Crippen LogP contribution in [0.15, 0.2) is 54.6 Å². The van der Waals surface area contributed by atoms with E-state index in [0.29, 0.717) is 24.2 Å². The normalized spacial score (nSPS) is 12.0. The van der Waals surface area contributed by atoms with Crippen molar-refractivity contribution in [2.45, 2.75) is 12.8 Å². The lowest BCUT2D eigenvalue weighted by atomic mass is 10.1. The molecule has 0 aliphatic carbocycles. The molecule has 0 spiro atoms. The van der Waals surface area contributed by atoms with Crippen molar-refractivity contribution in [3.05, 3.63) is 60.2 Å². The summed E-state index contributed by atoms with van der Waals surface area (Å²) in [5, 5.41) is 0. The summed E-state index contributed by atoms with van der Waals surface area (Å²) < 4.78 is 50.5. The summed E-state index contributed by atoms with van der Waals surface area (Å²) in [6.07, 6.45) is 2.35. The highest BCUT2D eigenvalue weighted by Crippen LogP contribution is 2.23. The standard InChI is InChI=1S/C18H24N2O4S2/c1-19(25(3,21)22)17-11-13-18(14-12-17)20(2)26(23,24)15-7-10-16-8-5-4-6-9-16/h4-6,8-9,11-14H,7,10,15H2,1-3H3. The van der Waals surface area contributed by atoms with E-state index in [4.69, 9.17) is 0 Å². The maximum atomic E-state index is 12.5. The average Bonchev–Trinajstić information content (AvgIpc) is 2.60. The third kappa shape index (κ3) is 5.22. The Morgan fingerprint density at radius 2 is 1.27 bits per heavy atom. The molecule has 0 radical (unpaired) electrons. The van der Waals surface area contributed by atoms with Gasteiger partial charge >= 0.3 is 0 Å². The van der Waals surface area contributed by atoms with Gasteiger partial charge in [-0.1, -0.05) is 30.3 Å². The molecular weight excluding hydrogens is 372 g/mol. The summed E-state index contributed by atoms with van der Waals surface area (Å²) in [6, 6.07) is 16.1. The minimum absolute atomic E-state index is 0.0450. The molecule has 0 saturated carbocycles. The highest BCUT2D eigenvalue weighted by molar-refractivity contribution is 7.92. The maximum Gasteiger partial charge on any atom is 0.234 e. The molecule has 142 valence electrons. The molecule has 0 N–H and O–H groups in total.